The highest BCUT2D eigenvalue weighted by Crippen LogP contribution is 2.36. The average Bonchev–Trinajstić information content (AvgIpc) is 2.76. The van der Waals surface area contributed by atoms with Crippen LogP contribution in [0, 0.1) is 5.41 Å². The van der Waals surface area contributed by atoms with E-state index in [9.17, 15) is 9.90 Å². The van der Waals surface area contributed by atoms with E-state index in [1.54, 1.807) is 4.90 Å². The highest BCUT2D eigenvalue weighted by Gasteiger charge is 2.34. The molecule has 1 amide bonds. The van der Waals surface area contributed by atoms with E-state index in [2.05, 4.69) is 24.3 Å². The zero-order chi connectivity index (χ0) is 17.6. The zero-order valence-electron chi connectivity index (χ0n) is 15.3. The number of aliphatic hydroxyl groups is 1. The van der Waals surface area contributed by atoms with E-state index in [-0.39, 0.29) is 18.1 Å². The Labute approximate surface area is 145 Å². The van der Waals surface area contributed by atoms with E-state index in [0.717, 1.165) is 32.1 Å². The summed E-state index contributed by atoms with van der Waals surface area (Å²) in [5, 5.41) is 10.0. The topological polar surface area (TPSA) is 49.8 Å². The maximum absolute atomic E-state index is 12.3. The molecule has 1 fully saturated rings. The lowest BCUT2D eigenvalue weighted by Gasteiger charge is -2.31. The summed E-state index contributed by atoms with van der Waals surface area (Å²) in [5.41, 5.74) is 0.746. The van der Waals surface area contributed by atoms with Gasteiger partial charge in [-0.25, -0.2) is 4.79 Å². The Balaban J connectivity index is 1.94. The Morgan fingerprint density at radius 2 is 1.92 bits per heavy atom. The van der Waals surface area contributed by atoms with Crippen LogP contribution in [0.5, 0.6) is 0 Å². The van der Waals surface area contributed by atoms with Crippen molar-refractivity contribution >= 4 is 6.09 Å². The molecule has 1 aromatic rings. The third-order valence-electron chi connectivity index (χ3n) is 4.82. The van der Waals surface area contributed by atoms with Gasteiger partial charge in [-0.1, -0.05) is 30.3 Å². The van der Waals surface area contributed by atoms with Gasteiger partial charge in [-0.15, -0.1) is 0 Å². The second kappa shape index (κ2) is 8.02. The molecule has 0 saturated carbocycles. The van der Waals surface area contributed by atoms with Crippen molar-refractivity contribution in [2.45, 2.75) is 58.5 Å². The standard InChI is InChI=1S/C20H31NO3/c1-19(2,3)24-18(23)21-14-7-11-20(16-22,13-15-21)12-10-17-8-5-4-6-9-17/h4-6,8-9,22H,7,10-16H2,1-3H3. The molecule has 1 aliphatic rings. The van der Waals surface area contributed by atoms with Crippen LogP contribution in [-0.4, -0.2) is 41.4 Å². The molecular formula is C20H31NO3. The summed E-state index contributed by atoms with van der Waals surface area (Å²) in [6, 6.07) is 10.4. The van der Waals surface area contributed by atoms with Crippen LogP contribution in [-0.2, 0) is 11.2 Å². The second-order valence-electron chi connectivity index (χ2n) is 7.96. The molecule has 24 heavy (non-hydrogen) atoms. The molecule has 0 aliphatic carbocycles. The number of amides is 1. The van der Waals surface area contributed by atoms with Gasteiger partial charge in [0.15, 0.2) is 0 Å². The first-order valence-corrected chi connectivity index (χ1v) is 8.96. The lowest BCUT2D eigenvalue weighted by atomic mass is 9.77. The van der Waals surface area contributed by atoms with Gasteiger partial charge in [0.1, 0.15) is 5.60 Å². The first-order valence-electron chi connectivity index (χ1n) is 8.96. The van der Waals surface area contributed by atoms with Gasteiger partial charge in [0.2, 0.25) is 0 Å². The van der Waals surface area contributed by atoms with Gasteiger partial charge >= 0.3 is 6.09 Å². The van der Waals surface area contributed by atoms with E-state index in [0.29, 0.717) is 13.1 Å². The molecule has 1 aromatic carbocycles. The van der Waals surface area contributed by atoms with Crippen LogP contribution in [0.2, 0.25) is 0 Å². The fraction of sp³-hybridized carbons (Fsp3) is 0.650. The van der Waals surface area contributed by atoms with Gasteiger partial charge in [0.05, 0.1) is 0 Å². The van der Waals surface area contributed by atoms with Crippen LogP contribution in [0.1, 0.15) is 52.0 Å². The van der Waals surface area contributed by atoms with Gasteiger partial charge in [-0.3, -0.25) is 0 Å². The first-order chi connectivity index (χ1) is 11.3. The van der Waals surface area contributed by atoms with Crippen molar-refractivity contribution in [1.29, 1.82) is 0 Å². The summed E-state index contributed by atoms with van der Waals surface area (Å²) in [5.74, 6) is 0. The normalized spacial score (nSPS) is 22.1. The summed E-state index contributed by atoms with van der Waals surface area (Å²) in [4.78, 5) is 14.1. The fourth-order valence-electron chi connectivity index (χ4n) is 3.30. The minimum Gasteiger partial charge on any atom is -0.444 e. The minimum absolute atomic E-state index is 0.0907. The predicted molar refractivity (Wildman–Crippen MR) is 95.9 cm³/mol. The molecule has 0 bridgehead atoms. The van der Waals surface area contributed by atoms with Crippen molar-refractivity contribution < 1.29 is 14.6 Å². The molecule has 134 valence electrons. The maximum Gasteiger partial charge on any atom is 0.410 e. The van der Waals surface area contributed by atoms with Crippen molar-refractivity contribution in [3.05, 3.63) is 35.9 Å². The summed E-state index contributed by atoms with van der Waals surface area (Å²) >= 11 is 0. The predicted octanol–water partition coefficient (Wildman–Crippen LogP) is 4.02. The van der Waals surface area contributed by atoms with E-state index in [4.69, 9.17) is 4.74 Å². The van der Waals surface area contributed by atoms with E-state index in [1.165, 1.54) is 5.56 Å². The maximum atomic E-state index is 12.3. The Bertz CT molecular complexity index is 523. The number of hydrogen-bond donors (Lipinski definition) is 1. The average molecular weight is 333 g/mol. The summed E-state index contributed by atoms with van der Waals surface area (Å²) in [6.07, 6.45) is 4.38. The Kier molecular flexibility index (Phi) is 6.27. The molecule has 0 radical (unpaired) electrons. The molecular weight excluding hydrogens is 302 g/mol. The smallest absolute Gasteiger partial charge is 0.410 e. The van der Waals surface area contributed by atoms with Crippen LogP contribution < -0.4 is 0 Å². The van der Waals surface area contributed by atoms with Crippen LogP contribution >= 0.6 is 0 Å². The van der Waals surface area contributed by atoms with Gasteiger partial charge in [0, 0.05) is 19.7 Å². The summed E-state index contributed by atoms with van der Waals surface area (Å²) < 4.78 is 5.49. The molecule has 1 saturated heterocycles. The highest BCUT2D eigenvalue weighted by atomic mass is 16.6. The number of rotatable bonds is 4. The molecule has 1 aliphatic heterocycles. The number of carbonyl (C=O) groups is 1. The van der Waals surface area contributed by atoms with E-state index >= 15 is 0 Å². The quantitative estimate of drug-likeness (QED) is 0.905. The monoisotopic (exact) mass is 333 g/mol. The largest absolute Gasteiger partial charge is 0.444 e. The summed E-state index contributed by atoms with van der Waals surface area (Å²) in [7, 11) is 0. The number of nitrogens with zero attached hydrogens (tertiary/aromatic N) is 1. The van der Waals surface area contributed by atoms with E-state index in [1.807, 2.05) is 26.8 Å². The number of aryl methyl sites for hydroxylation is 1. The highest BCUT2D eigenvalue weighted by molar-refractivity contribution is 5.68. The van der Waals surface area contributed by atoms with Crippen LogP contribution in [0.15, 0.2) is 30.3 Å². The van der Waals surface area contributed by atoms with Crippen LogP contribution in [0.4, 0.5) is 4.79 Å². The molecule has 2 rings (SSSR count). The summed E-state index contributed by atoms with van der Waals surface area (Å²) in [6.45, 7) is 7.22. The second-order valence-corrected chi connectivity index (χ2v) is 7.96. The Morgan fingerprint density at radius 3 is 2.54 bits per heavy atom. The van der Waals surface area contributed by atoms with Gasteiger partial charge in [-0.2, -0.15) is 0 Å². The molecule has 4 nitrogen and oxygen atoms in total. The molecule has 1 heterocycles. The number of benzene rings is 1. The Hall–Kier alpha value is -1.55. The van der Waals surface area contributed by atoms with Gasteiger partial charge in [0.25, 0.3) is 0 Å². The van der Waals surface area contributed by atoms with Gasteiger partial charge < -0.3 is 14.7 Å². The number of carbonyl (C=O) groups excluding carboxylic acids is 1. The molecule has 1 N–H and O–H groups in total. The number of ether oxygens (including phenoxy) is 1. The zero-order valence-corrected chi connectivity index (χ0v) is 15.3. The fourth-order valence-corrected chi connectivity index (χ4v) is 3.30. The third kappa shape index (κ3) is 5.52. The SMILES string of the molecule is CC(C)(C)OC(=O)N1CCCC(CO)(CCc2ccccc2)CC1. The number of hydrogen-bond acceptors (Lipinski definition) is 3. The van der Waals surface area contributed by atoms with E-state index < -0.39 is 5.60 Å². The number of likely N-dealkylation sites (tertiary alicyclic amines) is 1. The lowest BCUT2D eigenvalue weighted by molar-refractivity contribution is 0.0241. The van der Waals surface area contributed by atoms with Crippen molar-refractivity contribution in [2.24, 2.45) is 5.41 Å². The first kappa shape index (κ1) is 18.8. The molecule has 1 unspecified atom stereocenters. The lowest BCUT2D eigenvalue weighted by Crippen LogP contribution is -2.38. The van der Waals surface area contributed by atoms with Crippen LogP contribution in [0.25, 0.3) is 0 Å². The number of aliphatic hydroxyl groups excluding tert-OH is 1. The molecule has 0 aromatic heterocycles. The molecule has 0 spiro atoms. The van der Waals surface area contributed by atoms with Crippen molar-refractivity contribution in [3.63, 3.8) is 0 Å². The van der Waals surface area contributed by atoms with Gasteiger partial charge in [-0.05, 0) is 63.9 Å². The van der Waals surface area contributed by atoms with Crippen molar-refractivity contribution in [3.8, 4) is 0 Å². The van der Waals surface area contributed by atoms with Crippen molar-refractivity contribution in [1.82, 2.24) is 4.90 Å². The van der Waals surface area contributed by atoms with Crippen molar-refractivity contribution in [2.75, 3.05) is 19.7 Å². The van der Waals surface area contributed by atoms with Crippen LogP contribution in [0.3, 0.4) is 0 Å². The minimum atomic E-state index is -0.467. The Morgan fingerprint density at radius 1 is 1.21 bits per heavy atom. The third-order valence-corrected chi connectivity index (χ3v) is 4.82. The molecule has 4 heteroatoms. The molecule has 1 atom stereocenters.